The number of nitrogens with one attached hydrogen (secondary N) is 1. The molecule has 1 N–H and O–H groups in total. The summed E-state index contributed by atoms with van der Waals surface area (Å²) < 4.78 is 35.3. The molecular formula is C24H30N6O4S. The minimum Gasteiger partial charge on any atom is -0.378 e. The standard InChI is InChI=1S/C24H30N6O4S/c1-17-20-14-18(16-25-23(20)28(2)27-17)24(31)26-21-15-19(35(32,33)30-8-4-3-5-9-30)6-7-22(21)29-10-12-34-13-11-29/h6-7,14-16H,3-5,8-13H2,1-2H3,(H,26,31). The molecule has 0 atom stereocenters. The minimum absolute atomic E-state index is 0.184. The zero-order valence-corrected chi connectivity index (χ0v) is 20.8. The van der Waals surface area contributed by atoms with Crippen LogP contribution in [0.4, 0.5) is 11.4 Å². The molecule has 1 amide bonds. The number of amides is 1. The number of rotatable bonds is 5. The van der Waals surface area contributed by atoms with E-state index in [1.54, 1.807) is 28.9 Å². The molecular weight excluding hydrogens is 468 g/mol. The number of aromatic nitrogens is 3. The summed E-state index contributed by atoms with van der Waals surface area (Å²) >= 11 is 0. The molecule has 11 heteroatoms. The van der Waals surface area contributed by atoms with E-state index in [9.17, 15) is 13.2 Å². The summed E-state index contributed by atoms with van der Waals surface area (Å²) in [5, 5.41) is 8.13. The number of ether oxygens (including phenoxy) is 1. The van der Waals surface area contributed by atoms with E-state index in [1.807, 2.05) is 14.0 Å². The maximum Gasteiger partial charge on any atom is 0.257 e. The fourth-order valence-corrected chi connectivity index (χ4v) is 6.28. The highest BCUT2D eigenvalue weighted by molar-refractivity contribution is 7.89. The van der Waals surface area contributed by atoms with Crippen LogP contribution in [0.2, 0.25) is 0 Å². The Labute approximate surface area is 204 Å². The molecule has 2 aromatic heterocycles. The molecule has 0 aliphatic carbocycles. The molecule has 0 unspecified atom stereocenters. The van der Waals surface area contributed by atoms with Crippen LogP contribution >= 0.6 is 0 Å². The molecule has 0 bridgehead atoms. The molecule has 3 aromatic rings. The van der Waals surface area contributed by atoms with Crippen LogP contribution in [-0.4, -0.2) is 72.8 Å². The van der Waals surface area contributed by atoms with Gasteiger partial charge in [-0.1, -0.05) is 6.42 Å². The van der Waals surface area contributed by atoms with Crippen molar-refractivity contribution >= 4 is 38.3 Å². The number of morpholine rings is 1. The fraction of sp³-hybridized carbons (Fsp3) is 0.458. The summed E-state index contributed by atoms with van der Waals surface area (Å²) in [4.78, 5) is 20.0. The number of anilines is 2. The van der Waals surface area contributed by atoms with Crippen molar-refractivity contribution in [3.63, 3.8) is 0 Å². The second kappa shape index (κ2) is 9.56. The van der Waals surface area contributed by atoms with Crippen LogP contribution in [0.1, 0.15) is 35.3 Å². The second-order valence-corrected chi connectivity index (χ2v) is 10.9. The van der Waals surface area contributed by atoms with E-state index >= 15 is 0 Å². The molecule has 35 heavy (non-hydrogen) atoms. The number of sulfonamides is 1. The van der Waals surface area contributed by atoms with E-state index in [2.05, 4.69) is 20.3 Å². The first-order valence-electron chi connectivity index (χ1n) is 11.9. The molecule has 0 spiro atoms. The van der Waals surface area contributed by atoms with Crippen LogP contribution in [0.25, 0.3) is 11.0 Å². The highest BCUT2D eigenvalue weighted by atomic mass is 32.2. The molecule has 2 fully saturated rings. The van der Waals surface area contributed by atoms with Crippen LogP contribution in [0.15, 0.2) is 35.4 Å². The first-order valence-corrected chi connectivity index (χ1v) is 13.4. The van der Waals surface area contributed by atoms with E-state index < -0.39 is 10.0 Å². The smallest absolute Gasteiger partial charge is 0.257 e. The molecule has 5 rings (SSSR count). The number of hydrogen-bond donors (Lipinski definition) is 1. The Balaban J connectivity index is 1.50. The van der Waals surface area contributed by atoms with Gasteiger partial charge in [0, 0.05) is 44.8 Å². The Morgan fingerprint density at radius 3 is 2.54 bits per heavy atom. The van der Waals surface area contributed by atoms with Crippen molar-refractivity contribution in [2.75, 3.05) is 49.6 Å². The first kappa shape index (κ1) is 23.7. The zero-order chi connectivity index (χ0) is 24.6. The van der Waals surface area contributed by atoms with Gasteiger partial charge in [-0.3, -0.25) is 9.48 Å². The zero-order valence-electron chi connectivity index (χ0n) is 20.0. The summed E-state index contributed by atoms with van der Waals surface area (Å²) in [6.45, 7) is 5.37. The van der Waals surface area contributed by atoms with Gasteiger partial charge in [-0.05, 0) is 44.0 Å². The van der Waals surface area contributed by atoms with Gasteiger partial charge in [0.15, 0.2) is 5.65 Å². The second-order valence-electron chi connectivity index (χ2n) is 9.00. The third-order valence-corrected chi connectivity index (χ3v) is 8.54. The number of hydrogen-bond acceptors (Lipinski definition) is 7. The third-order valence-electron chi connectivity index (χ3n) is 6.65. The van der Waals surface area contributed by atoms with Gasteiger partial charge < -0.3 is 15.0 Å². The Bertz CT molecular complexity index is 1360. The van der Waals surface area contributed by atoms with Gasteiger partial charge in [-0.2, -0.15) is 9.40 Å². The predicted octanol–water partition coefficient (Wildman–Crippen LogP) is 2.54. The van der Waals surface area contributed by atoms with E-state index in [0.717, 1.165) is 36.0 Å². The molecule has 4 heterocycles. The van der Waals surface area contributed by atoms with E-state index in [0.29, 0.717) is 56.3 Å². The van der Waals surface area contributed by atoms with Crippen LogP contribution in [0.5, 0.6) is 0 Å². The molecule has 2 aliphatic heterocycles. The highest BCUT2D eigenvalue weighted by Crippen LogP contribution is 2.32. The highest BCUT2D eigenvalue weighted by Gasteiger charge is 2.28. The normalized spacial score (nSPS) is 17.6. The van der Waals surface area contributed by atoms with Crippen molar-refractivity contribution < 1.29 is 17.9 Å². The van der Waals surface area contributed by atoms with Crippen LogP contribution in [0.3, 0.4) is 0 Å². The summed E-state index contributed by atoms with van der Waals surface area (Å²) in [5.41, 5.74) is 3.09. The van der Waals surface area contributed by atoms with Crippen LogP contribution < -0.4 is 10.2 Å². The Hall–Kier alpha value is -3.02. The molecule has 2 saturated heterocycles. The van der Waals surface area contributed by atoms with Gasteiger partial charge in [-0.25, -0.2) is 13.4 Å². The lowest BCUT2D eigenvalue weighted by molar-refractivity contribution is 0.102. The van der Waals surface area contributed by atoms with Crippen molar-refractivity contribution in [3.05, 3.63) is 41.7 Å². The van der Waals surface area contributed by atoms with Crippen molar-refractivity contribution in [2.45, 2.75) is 31.1 Å². The monoisotopic (exact) mass is 498 g/mol. The third kappa shape index (κ3) is 4.63. The van der Waals surface area contributed by atoms with Gasteiger partial charge in [0.2, 0.25) is 10.0 Å². The lowest BCUT2D eigenvalue weighted by Crippen LogP contribution is -2.37. The molecule has 0 saturated carbocycles. The largest absolute Gasteiger partial charge is 0.378 e. The molecule has 186 valence electrons. The molecule has 2 aliphatic rings. The van der Waals surface area contributed by atoms with Crippen LogP contribution in [-0.2, 0) is 21.8 Å². The number of fused-ring (bicyclic) bond motifs is 1. The number of piperidine rings is 1. The number of nitrogens with zero attached hydrogens (tertiary/aromatic N) is 5. The lowest BCUT2D eigenvalue weighted by atomic mass is 10.1. The van der Waals surface area contributed by atoms with Gasteiger partial charge in [0.05, 0.1) is 40.7 Å². The summed E-state index contributed by atoms with van der Waals surface area (Å²) in [7, 11) is -1.84. The first-order chi connectivity index (χ1) is 16.8. The Morgan fingerprint density at radius 2 is 1.80 bits per heavy atom. The van der Waals surface area contributed by atoms with E-state index in [-0.39, 0.29) is 10.8 Å². The molecule has 0 radical (unpaired) electrons. The minimum atomic E-state index is -3.65. The summed E-state index contributed by atoms with van der Waals surface area (Å²) in [6, 6.07) is 6.76. The molecule has 1 aromatic carbocycles. The average molecular weight is 499 g/mol. The SMILES string of the molecule is Cc1nn(C)c2ncc(C(=O)Nc3cc(S(=O)(=O)N4CCCCC4)ccc3N3CCOCC3)cc12. The maximum atomic E-state index is 13.3. The van der Waals surface area contributed by atoms with Gasteiger partial charge in [-0.15, -0.1) is 0 Å². The Kier molecular flexibility index (Phi) is 6.47. The fourth-order valence-electron chi connectivity index (χ4n) is 4.74. The maximum absolute atomic E-state index is 13.3. The van der Waals surface area contributed by atoms with Crippen molar-refractivity contribution in [3.8, 4) is 0 Å². The predicted molar refractivity (Wildman–Crippen MR) is 133 cm³/mol. The number of benzene rings is 1. The summed E-state index contributed by atoms with van der Waals surface area (Å²) in [6.07, 6.45) is 4.27. The lowest BCUT2D eigenvalue weighted by Gasteiger charge is -2.31. The number of carbonyl (C=O) groups is 1. The van der Waals surface area contributed by atoms with Crippen molar-refractivity contribution in [1.29, 1.82) is 0 Å². The molecule has 10 nitrogen and oxygen atoms in total. The van der Waals surface area contributed by atoms with Gasteiger partial charge >= 0.3 is 0 Å². The van der Waals surface area contributed by atoms with Gasteiger partial charge in [0.1, 0.15) is 0 Å². The van der Waals surface area contributed by atoms with Crippen molar-refractivity contribution in [2.24, 2.45) is 7.05 Å². The topological polar surface area (TPSA) is 110 Å². The number of carbonyl (C=O) groups excluding carboxylic acids is 1. The van der Waals surface area contributed by atoms with Crippen molar-refractivity contribution in [1.82, 2.24) is 19.1 Å². The summed E-state index contributed by atoms with van der Waals surface area (Å²) in [5.74, 6) is -0.357. The van der Waals surface area contributed by atoms with E-state index in [1.165, 1.54) is 10.5 Å². The number of aryl methyl sites for hydroxylation is 2. The quantitative estimate of drug-likeness (QED) is 0.576. The van der Waals surface area contributed by atoms with Gasteiger partial charge in [0.25, 0.3) is 5.91 Å². The Morgan fingerprint density at radius 1 is 1.06 bits per heavy atom. The number of pyridine rings is 1. The van der Waals surface area contributed by atoms with Crippen LogP contribution in [0, 0.1) is 6.92 Å². The average Bonchev–Trinajstić information content (AvgIpc) is 3.17. The van der Waals surface area contributed by atoms with E-state index in [4.69, 9.17) is 4.74 Å².